The van der Waals surface area contributed by atoms with Crippen LogP contribution in [0.3, 0.4) is 0 Å². The minimum atomic E-state index is -0.952. The Labute approximate surface area is 390 Å². The number of carboxylic acids is 2. The van der Waals surface area contributed by atoms with E-state index in [-0.39, 0.29) is 11.1 Å². The van der Waals surface area contributed by atoms with Crippen molar-refractivity contribution in [3.8, 4) is 11.5 Å². The molecule has 0 atom stereocenters. The standard InChI is InChI=1S/C28H36N2O3.C27H34N2O4/c1-2-3-8-17-30-21-25(23-10-4-6-12-26(23)30)22-14-18-29(19-15-22)16-9-20-33-27-13-7-5-11-24(27)28(31)32;1-2-32-19-17-29-20-24(22-8-3-5-10-25(22)29)21-12-15-28(16-13-21)14-7-18-33-26-11-6-4-9-23(26)27(30)31/h4-7,10-13,21-22H,2-3,8-9,14-20H2,1H3,(H,31,32);3-6,8-11,20-21H,2,7,12-19H2,1H3,(H,30,31). The summed E-state index contributed by atoms with van der Waals surface area (Å²) in [5.74, 6) is 0.213. The first-order chi connectivity index (χ1) is 32.3. The molecule has 0 bridgehead atoms. The molecule has 2 aliphatic rings. The molecule has 0 aliphatic carbocycles. The first-order valence-corrected chi connectivity index (χ1v) is 24.4. The molecule has 2 fully saturated rings. The molecule has 2 aromatic heterocycles. The Hall–Kier alpha value is -5.62. The molecule has 66 heavy (non-hydrogen) atoms. The van der Waals surface area contributed by atoms with Gasteiger partial charge in [-0.1, -0.05) is 80.4 Å². The molecule has 2 N–H and O–H groups in total. The van der Waals surface area contributed by atoms with Crippen LogP contribution >= 0.6 is 0 Å². The summed E-state index contributed by atoms with van der Waals surface area (Å²) in [4.78, 5) is 27.6. The molecular weight excluding hydrogens is 829 g/mol. The van der Waals surface area contributed by atoms with Gasteiger partial charge in [0.2, 0.25) is 0 Å². The molecule has 0 radical (unpaired) electrons. The Morgan fingerprint density at radius 3 is 1.42 bits per heavy atom. The highest BCUT2D eigenvalue weighted by molar-refractivity contribution is 5.91. The van der Waals surface area contributed by atoms with Crippen LogP contribution in [0.15, 0.2) is 109 Å². The normalized spacial score (nSPS) is 15.2. The van der Waals surface area contributed by atoms with E-state index in [4.69, 9.17) is 14.2 Å². The van der Waals surface area contributed by atoms with Crippen molar-refractivity contribution >= 4 is 33.7 Å². The van der Waals surface area contributed by atoms with Gasteiger partial charge in [0.15, 0.2) is 0 Å². The van der Waals surface area contributed by atoms with Crippen molar-refractivity contribution in [3.05, 3.63) is 132 Å². The van der Waals surface area contributed by atoms with Gasteiger partial charge in [-0.05, 0) is 137 Å². The smallest absolute Gasteiger partial charge is 0.339 e. The number of hydrogen-bond acceptors (Lipinski definition) is 7. The number of para-hydroxylation sites is 4. The number of rotatable bonds is 22. The Balaban J connectivity index is 0.000000196. The second-order valence-corrected chi connectivity index (χ2v) is 17.7. The van der Waals surface area contributed by atoms with Crippen LogP contribution in [0.25, 0.3) is 21.8 Å². The van der Waals surface area contributed by atoms with Crippen LogP contribution in [0.1, 0.15) is 115 Å². The summed E-state index contributed by atoms with van der Waals surface area (Å²) in [6.45, 7) is 15.2. The highest BCUT2D eigenvalue weighted by Gasteiger charge is 2.25. The highest BCUT2D eigenvalue weighted by Crippen LogP contribution is 2.36. The second-order valence-electron chi connectivity index (χ2n) is 17.7. The maximum absolute atomic E-state index is 11.3. The van der Waals surface area contributed by atoms with Gasteiger partial charge in [-0.15, -0.1) is 0 Å². The van der Waals surface area contributed by atoms with E-state index in [1.54, 1.807) is 42.5 Å². The molecule has 352 valence electrons. The zero-order valence-electron chi connectivity index (χ0n) is 39.1. The first kappa shape index (κ1) is 48.3. The lowest BCUT2D eigenvalue weighted by Gasteiger charge is -2.32. The monoisotopic (exact) mass is 899 g/mol. The lowest BCUT2D eigenvalue weighted by molar-refractivity contribution is 0.0680. The number of piperidine rings is 2. The van der Waals surface area contributed by atoms with E-state index < -0.39 is 11.9 Å². The van der Waals surface area contributed by atoms with Crippen molar-refractivity contribution in [2.24, 2.45) is 0 Å². The number of benzene rings is 4. The van der Waals surface area contributed by atoms with Crippen LogP contribution in [-0.4, -0.2) is 107 Å². The number of carbonyl (C=O) groups is 2. The average Bonchev–Trinajstić information content (AvgIpc) is 3.91. The van der Waals surface area contributed by atoms with Crippen molar-refractivity contribution in [1.29, 1.82) is 0 Å². The molecule has 6 aromatic rings. The number of aromatic nitrogens is 2. The van der Waals surface area contributed by atoms with Gasteiger partial charge in [-0.2, -0.15) is 0 Å². The van der Waals surface area contributed by atoms with Gasteiger partial charge < -0.3 is 43.4 Å². The van der Waals surface area contributed by atoms with Crippen molar-refractivity contribution < 1.29 is 34.0 Å². The second kappa shape index (κ2) is 24.8. The van der Waals surface area contributed by atoms with E-state index in [0.717, 1.165) is 91.3 Å². The number of aryl methyl sites for hydroxylation is 1. The molecule has 11 nitrogen and oxygen atoms in total. The van der Waals surface area contributed by atoms with Crippen LogP contribution < -0.4 is 9.47 Å². The molecule has 0 spiro atoms. The third kappa shape index (κ3) is 12.8. The van der Waals surface area contributed by atoms with Gasteiger partial charge in [0.1, 0.15) is 22.6 Å². The number of carboxylic acid groups (broad SMARTS) is 2. The summed E-state index contributed by atoms with van der Waals surface area (Å²) < 4.78 is 21.9. The number of aromatic carboxylic acids is 2. The van der Waals surface area contributed by atoms with Crippen molar-refractivity contribution in [1.82, 2.24) is 18.9 Å². The minimum Gasteiger partial charge on any atom is -0.493 e. The van der Waals surface area contributed by atoms with Crippen molar-refractivity contribution in [2.75, 3.05) is 65.7 Å². The quantitative estimate of drug-likeness (QED) is 0.0642. The first-order valence-electron chi connectivity index (χ1n) is 24.4. The zero-order valence-corrected chi connectivity index (χ0v) is 39.1. The molecular formula is C55H70N4O7. The number of likely N-dealkylation sites (tertiary alicyclic amines) is 2. The van der Waals surface area contributed by atoms with Crippen LogP contribution in [-0.2, 0) is 17.8 Å². The number of ether oxygens (including phenoxy) is 3. The molecule has 2 aliphatic heterocycles. The van der Waals surface area contributed by atoms with Gasteiger partial charge in [-0.3, -0.25) is 0 Å². The fourth-order valence-electron chi connectivity index (χ4n) is 9.82. The summed E-state index contributed by atoms with van der Waals surface area (Å²) >= 11 is 0. The Morgan fingerprint density at radius 2 is 0.970 bits per heavy atom. The molecule has 4 aromatic carbocycles. The zero-order chi connectivity index (χ0) is 46.1. The lowest BCUT2D eigenvalue weighted by Crippen LogP contribution is -2.34. The molecule has 0 amide bonds. The third-order valence-electron chi connectivity index (χ3n) is 13.4. The van der Waals surface area contributed by atoms with Gasteiger partial charge in [0.25, 0.3) is 0 Å². The minimum absolute atomic E-state index is 0.221. The fraction of sp³-hybridized carbons (Fsp3) is 0.455. The van der Waals surface area contributed by atoms with E-state index >= 15 is 0 Å². The Bertz CT molecular complexity index is 2270. The predicted molar refractivity (Wildman–Crippen MR) is 264 cm³/mol. The number of fused-ring (bicyclic) bond motifs is 2. The van der Waals surface area contributed by atoms with Gasteiger partial charge >= 0.3 is 11.9 Å². The molecule has 11 heteroatoms. The van der Waals surface area contributed by atoms with E-state index in [9.17, 15) is 19.8 Å². The van der Waals surface area contributed by atoms with Gasteiger partial charge in [-0.25, -0.2) is 9.59 Å². The largest absolute Gasteiger partial charge is 0.493 e. The maximum Gasteiger partial charge on any atom is 0.339 e. The van der Waals surface area contributed by atoms with E-state index in [0.29, 0.717) is 36.5 Å². The van der Waals surface area contributed by atoms with Crippen LogP contribution in [0.4, 0.5) is 0 Å². The number of nitrogens with zero attached hydrogens (tertiary/aromatic N) is 4. The topological polar surface area (TPSA) is 119 Å². The average molecular weight is 899 g/mol. The molecule has 0 unspecified atom stereocenters. The highest BCUT2D eigenvalue weighted by atomic mass is 16.5. The summed E-state index contributed by atoms with van der Waals surface area (Å²) in [6, 6.07) is 31.3. The van der Waals surface area contributed by atoms with E-state index in [1.165, 1.54) is 65.0 Å². The van der Waals surface area contributed by atoms with Crippen LogP contribution in [0.5, 0.6) is 11.5 Å². The van der Waals surface area contributed by atoms with Gasteiger partial charge in [0.05, 0.1) is 19.8 Å². The van der Waals surface area contributed by atoms with Crippen molar-refractivity contribution in [2.45, 2.75) is 96.6 Å². The molecule has 0 saturated carbocycles. The maximum atomic E-state index is 11.3. The lowest BCUT2D eigenvalue weighted by atomic mass is 9.89. The number of unbranched alkanes of at least 4 members (excludes halogenated alkanes) is 2. The van der Waals surface area contributed by atoms with E-state index in [1.807, 2.05) is 13.0 Å². The Morgan fingerprint density at radius 1 is 0.530 bits per heavy atom. The molecule has 2 saturated heterocycles. The van der Waals surface area contributed by atoms with Crippen LogP contribution in [0.2, 0.25) is 0 Å². The summed E-state index contributed by atoms with van der Waals surface area (Å²) in [5, 5.41) is 21.3. The summed E-state index contributed by atoms with van der Waals surface area (Å²) in [6.07, 6.45) is 15.0. The third-order valence-corrected chi connectivity index (χ3v) is 13.4. The number of hydrogen-bond donors (Lipinski definition) is 2. The summed E-state index contributed by atoms with van der Waals surface area (Å²) in [5.41, 5.74) is 6.12. The predicted octanol–water partition coefficient (Wildman–Crippen LogP) is 11.2. The van der Waals surface area contributed by atoms with Crippen LogP contribution in [0, 0.1) is 0 Å². The van der Waals surface area contributed by atoms with Crippen molar-refractivity contribution in [3.63, 3.8) is 0 Å². The van der Waals surface area contributed by atoms with Gasteiger partial charge in [0, 0.05) is 67.0 Å². The molecule has 4 heterocycles. The summed E-state index contributed by atoms with van der Waals surface area (Å²) in [7, 11) is 0. The Kier molecular flexibility index (Phi) is 18.1. The van der Waals surface area contributed by atoms with E-state index in [2.05, 4.69) is 86.8 Å². The molecule has 8 rings (SSSR count). The fourth-order valence-corrected chi connectivity index (χ4v) is 9.82. The SMILES string of the molecule is CCCCCn1cc(C2CCN(CCCOc3ccccc3C(=O)O)CC2)c2ccccc21.CCOCCn1cc(C2CCN(CCCOc3ccccc3C(=O)O)CC2)c2ccccc21.